The molecule has 7 nitrogen and oxygen atoms in total. The van der Waals surface area contributed by atoms with Crippen molar-refractivity contribution in [3.63, 3.8) is 0 Å². The Hall–Kier alpha value is -2.51. The Morgan fingerprint density at radius 2 is 1.85 bits per heavy atom. The number of methoxy groups -OCH3 is 1. The fourth-order valence-electron chi connectivity index (χ4n) is 2.38. The molecular weight excluding hydrogens is 395 g/mol. The van der Waals surface area contributed by atoms with E-state index in [4.69, 9.17) is 32.7 Å². The van der Waals surface area contributed by atoms with E-state index in [2.05, 4.69) is 5.32 Å². The second kappa shape index (κ2) is 8.92. The fraction of sp³-hybridized carbons (Fsp3) is 0.278. The second-order valence-electron chi connectivity index (χ2n) is 5.75. The molecule has 2 aromatic carbocycles. The number of non-ortho nitro benzene ring substituents is 1. The Kier molecular flexibility index (Phi) is 6.87. The van der Waals surface area contributed by atoms with Crippen LogP contribution >= 0.6 is 23.2 Å². The zero-order chi connectivity index (χ0) is 20.1. The van der Waals surface area contributed by atoms with E-state index >= 15 is 0 Å². The number of hydrogen-bond acceptors (Lipinski definition) is 5. The van der Waals surface area contributed by atoms with Gasteiger partial charge in [-0.1, -0.05) is 29.3 Å². The first-order valence-corrected chi connectivity index (χ1v) is 8.73. The number of amides is 1. The van der Waals surface area contributed by atoms with E-state index in [1.165, 1.54) is 32.2 Å². The number of rotatable bonds is 7. The summed E-state index contributed by atoms with van der Waals surface area (Å²) in [6.45, 7) is 3.30. The summed E-state index contributed by atoms with van der Waals surface area (Å²) in [4.78, 5) is 22.8. The lowest BCUT2D eigenvalue weighted by Crippen LogP contribution is -2.37. The van der Waals surface area contributed by atoms with Crippen LogP contribution < -0.4 is 14.8 Å². The highest BCUT2D eigenvalue weighted by Crippen LogP contribution is 2.32. The molecule has 0 aliphatic rings. The lowest BCUT2D eigenvalue weighted by Gasteiger charge is -2.20. The highest BCUT2D eigenvalue weighted by Gasteiger charge is 2.22. The first kappa shape index (κ1) is 20.8. The average molecular weight is 413 g/mol. The smallest absolute Gasteiger partial charge is 0.273 e. The molecule has 0 aliphatic carbocycles. The minimum atomic E-state index is -0.922. The highest BCUT2D eigenvalue weighted by molar-refractivity contribution is 6.35. The molecule has 0 aliphatic heterocycles. The zero-order valence-electron chi connectivity index (χ0n) is 14.9. The van der Waals surface area contributed by atoms with E-state index in [9.17, 15) is 14.9 Å². The van der Waals surface area contributed by atoms with Gasteiger partial charge in [-0.3, -0.25) is 14.9 Å². The highest BCUT2D eigenvalue weighted by atomic mass is 35.5. The lowest BCUT2D eigenvalue weighted by molar-refractivity contribution is -0.385. The first-order chi connectivity index (χ1) is 12.7. The number of benzene rings is 2. The van der Waals surface area contributed by atoms with Crippen LogP contribution in [0.1, 0.15) is 25.5 Å². The van der Waals surface area contributed by atoms with Gasteiger partial charge in [0.2, 0.25) is 0 Å². The molecular formula is C18H18Cl2N2O5. The van der Waals surface area contributed by atoms with Crippen molar-refractivity contribution in [3.05, 3.63) is 62.1 Å². The quantitative estimate of drug-likeness (QED) is 0.531. The van der Waals surface area contributed by atoms with Gasteiger partial charge in [-0.2, -0.15) is 0 Å². The van der Waals surface area contributed by atoms with Gasteiger partial charge in [-0.15, -0.1) is 0 Å². The topological polar surface area (TPSA) is 90.7 Å². The molecule has 0 bridgehead atoms. The van der Waals surface area contributed by atoms with E-state index in [0.717, 1.165) is 0 Å². The summed E-state index contributed by atoms with van der Waals surface area (Å²) >= 11 is 12.0. The normalized spacial score (nSPS) is 12.8. The predicted octanol–water partition coefficient (Wildman–Crippen LogP) is 4.55. The second-order valence-corrected chi connectivity index (χ2v) is 6.59. The maximum atomic E-state index is 12.4. The number of nitro groups is 1. The molecule has 1 amide bonds. The molecule has 2 aromatic rings. The third-order valence-electron chi connectivity index (χ3n) is 3.82. The maximum absolute atomic E-state index is 12.4. The summed E-state index contributed by atoms with van der Waals surface area (Å²) in [5, 5.41) is 14.7. The van der Waals surface area contributed by atoms with Crippen molar-refractivity contribution in [3.8, 4) is 11.5 Å². The number of carbonyl (C=O) groups is 1. The Labute approximate surface area is 166 Å². The van der Waals surface area contributed by atoms with Crippen LogP contribution in [0.25, 0.3) is 0 Å². The molecule has 0 fully saturated rings. The maximum Gasteiger partial charge on any atom is 0.273 e. The van der Waals surface area contributed by atoms with E-state index in [1.807, 2.05) is 0 Å². The average Bonchev–Trinajstić information content (AvgIpc) is 2.61. The number of ether oxygens (including phenoxy) is 2. The summed E-state index contributed by atoms with van der Waals surface area (Å²) in [6, 6.07) is 8.52. The minimum Gasteiger partial charge on any atom is -0.493 e. The summed E-state index contributed by atoms with van der Waals surface area (Å²) in [5.41, 5.74) is 0.536. The number of halogens is 2. The molecule has 1 N–H and O–H groups in total. The Morgan fingerprint density at radius 3 is 2.44 bits per heavy atom. The largest absolute Gasteiger partial charge is 0.493 e. The van der Waals surface area contributed by atoms with Crippen molar-refractivity contribution in [1.29, 1.82) is 0 Å². The van der Waals surface area contributed by atoms with Crippen LogP contribution in [0.2, 0.25) is 10.0 Å². The van der Waals surface area contributed by atoms with Crippen LogP contribution in [0.15, 0.2) is 36.4 Å². The van der Waals surface area contributed by atoms with Crippen molar-refractivity contribution >= 4 is 34.8 Å². The monoisotopic (exact) mass is 412 g/mol. The molecule has 0 aromatic heterocycles. The van der Waals surface area contributed by atoms with Gasteiger partial charge < -0.3 is 14.8 Å². The fourth-order valence-corrected chi connectivity index (χ4v) is 2.95. The molecule has 0 heterocycles. The lowest BCUT2D eigenvalue weighted by atomic mass is 10.1. The number of hydrogen-bond donors (Lipinski definition) is 1. The molecule has 0 spiro atoms. The Balaban J connectivity index is 2.11. The van der Waals surface area contributed by atoms with Gasteiger partial charge in [-0.25, -0.2) is 0 Å². The van der Waals surface area contributed by atoms with E-state index in [-0.39, 0.29) is 23.2 Å². The minimum absolute atomic E-state index is 0.103. The van der Waals surface area contributed by atoms with Gasteiger partial charge in [0.05, 0.1) is 24.1 Å². The van der Waals surface area contributed by atoms with Gasteiger partial charge in [0, 0.05) is 16.1 Å². The van der Waals surface area contributed by atoms with Crippen molar-refractivity contribution in [2.24, 2.45) is 0 Å². The van der Waals surface area contributed by atoms with Gasteiger partial charge >= 0.3 is 0 Å². The Morgan fingerprint density at radius 1 is 1.15 bits per heavy atom. The van der Waals surface area contributed by atoms with Crippen LogP contribution in [0.4, 0.5) is 5.69 Å². The van der Waals surface area contributed by atoms with Gasteiger partial charge in [0.15, 0.2) is 17.6 Å². The molecule has 0 saturated heterocycles. The SMILES string of the molecule is COc1ccc([N+](=O)[O-])cc1O[C@H](C)C(=O)N[C@H](C)c1ccc(Cl)cc1Cl. The van der Waals surface area contributed by atoms with Crippen LogP contribution in [-0.2, 0) is 4.79 Å². The van der Waals surface area contributed by atoms with Gasteiger partial charge in [0.25, 0.3) is 11.6 Å². The molecule has 0 unspecified atom stereocenters. The van der Waals surface area contributed by atoms with Crippen molar-refractivity contribution < 1.29 is 19.2 Å². The molecule has 144 valence electrons. The van der Waals surface area contributed by atoms with Gasteiger partial charge in [0.1, 0.15) is 0 Å². The summed E-state index contributed by atoms with van der Waals surface area (Å²) < 4.78 is 10.7. The van der Waals surface area contributed by atoms with E-state index < -0.39 is 16.9 Å². The van der Waals surface area contributed by atoms with E-state index in [1.54, 1.807) is 25.1 Å². The standard InChI is InChI=1S/C18H18Cl2N2O5/c1-10(14-6-4-12(19)8-15(14)20)21-18(23)11(2)27-17-9-13(22(24)25)5-7-16(17)26-3/h4-11H,1-3H3,(H,21,23)/t10-,11-/m1/s1. The first-order valence-electron chi connectivity index (χ1n) is 7.97. The number of nitro benzene ring substituents is 1. The Bertz CT molecular complexity index is 860. The third-order valence-corrected chi connectivity index (χ3v) is 4.38. The van der Waals surface area contributed by atoms with Crippen molar-refractivity contribution in [2.75, 3.05) is 7.11 Å². The van der Waals surface area contributed by atoms with Crippen LogP contribution in [0.5, 0.6) is 11.5 Å². The van der Waals surface area contributed by atoms with Crippen LogP contribution in [0.3, 0.4) is 0 Å². The molecule has 9 heteroatoms. The van der Waals surface area contributed by atoms with E-state index in [0.29, 0.717) is 15.6 Å². The summed E-state index contributed by atoms with van der Waals surface area (Å²) in [5.74, 6) is -0.0253. The number of nitrogens with one attached hydrogen (secondary N) is 1. The zero-order valence-corrected chi connectivity index (χ0v) is 16.4. The molecule has 27 heavy (non-hydrogen) atoms. The summed E-state index contributed by atoms with van der Waals surface area (Å²) in [7, 11) is 1.41. The molecule has 0 radical (unpaired) electrons. The molecule has 2 rings (SSSR count). The predicted molar refractivity (Wildman–Crippen MR) is 103 cm³/mol. The van der Waals surface area contributed by atoms with Crippen molar-refractivity contribution in [1.82, 2.24) is 5.32 Å². The summed E-state index contributed by atoms with van der Waals surface area (Å²) in [6.07, 6.45) is -0.922. The van der Waals surface area contributed by atoms with Crippen LogP contribution in [0, 0.1) is 10.1 Å². The van der Waals surface area contributed by atoms with Crippen molar-refractivity contribution in [2.45, 2.75) is 26.0 Å². The molecule has 2 atom stereocenters. The molecule has 0 saturated carbocycles. The number of nitrogens with zero attached hydrogens (tertiary/aromatic N) is 1. The third kappa shape index (κ3) is 5.24. The number of carbonyl (C=O) groups excluding carboxylic acids is 1. The van der Waals surface area contributed by atoms with Gasteiger partial charge in [-0.05, 0) is 37.6 Å². The van der Waals surface area contributed by atoms with Crippen LogP contribution in [-0.4, -0.2) is 24.0 Å².